The summed E-state index contributed by atoms with van der Waals surface area (Å²) in [6.07, 6.45) is 0.580. The fourth-order valence-electron chi connectivity index (χ4n) is 3.06. The maximum atomic E-state index is 11.0. The molecule has 2 aromatic carbocycles. The van der Waals surface area contributed by atoms with Crippen LogP contribution in [0.2, 0.25) is 5.02 Å². The smallest absolute Gasteiger partial charge is 0.303 e. The monoisotopic (exact) mass is 383 g/mol. The Balaban J connectivity index is 1.79. The van der Waals surface area contributed by atoms with Gasteiger partial charge in [0.15, 0.2) is 0 Å². The molecule has 0 fully saturated rings. The Hall–Kier alpha value is -2.72. The van der Waals surface area contributed by atoms with Crippen LogP contribution >= 0.6 is 11.6 Å². The summed E-state index contributed by atoms with van der Waals surface area (Å²) in [6, 6.07) is 19.6. The van der Waals surface area contributed by atoms with Crippen molar-refractivity contribution in [2.45, 2.75) is 26.3 Å². The quantitative estimate of drug-likeness (QED) is 0.580. The fraction of sp³-hybridized carbons (Fsp3) is 0.227. The highest BCUT2D eigenvalue weighted by Crippen LogP contribution is 2.25. The van der Waals surface area contributed by atoms with E-state index in [1.807, 2.05) is 67.6 Å². The summed E-state index contributed by atoms with van der Waals surface area (Å²) < 4.78 is 8.02. The van der Waals surface area contributed by atoms with Crippen LogP contribution in [0.25, 0.3) is 11.3 Å². The SMILES string of the molecule is Cc1cccc(OCCn2c(CCC(=O)O)ccc2-c2ccc(Cl)cc2)c1. The summed E-state index contributed by atoms with van der Waals surface area (Å²) in [7, 11) is 0. The molecule has 3 rings (SSSR count). The minimum absolute atomic E-state index is 0.100. The molecule has 140 valence electrons. The molecule has 0 spiro atoms. The third-order valence-corrected chi connectivity index (χ3v) is 4.63. The van der Waals surface area contributed by atoms with E-state index in [-0.39, 0.29) is 6.42 Å². The molecule has 0 aliphatic carbocycles. The van der Waals surface area contributed by atoms with Gasteiger partial charge in [-0.25, -0.2) is 0 Å². The van der Waals surface area contributed by atoms with E-state index in [4.69, 9.17) is 21.4 Å². The normalized spacial score (nSPS) is 10.7. The van der Waals surface area contributed by atoms with Gasteiger partial charge >= 0.3 is 5.97 Å². The third kappa shape index (κ3) is 5.14. The van der Waals surface area contributed by atoms with E-state index in [9.17, 15) is 4.79 Å². The lowest BCUT2D eigenvalue weighted by Gasteiger charge is -2.15. The molecule has 1 heterocycles. The van der Waals surface area contributed by atoms with Gasteiger partial charge in [0.2, 0.25) is 0 Å². The van der Waals surface area contributed by atoms with Gasteiger partial charge in [-0.2, -0.15) is 0 Å². The molecule has 3 aromatic rings. The molecule has 0 aliphatic heterocycles. The van der Waals surface area contributed by atoms with Gasteiger partial charge in [0.05, 0.1) is 13.0 Å². The minimum atomic E-state index is -0.799. The highest BCUT2D eigenvalue weighted by atomic mass is 35.5. The number of aromatic nitrogens is 1. The van der Waals surface area contributed by atoms with Crippen molar-refractivity contribution in [1.82, 2.24) is 4.57 Å². The molecule has 4 nitrogen and oxygen atoms in total. The number of halogens is 1. The Morgan fingerprint density at radius 1 is 1.11 bits per heavy atom. The summed E-state index contributed by atoms with van der Waals surface area (Å²) in [6.45, 7) is 3.16. The average Bonchev–Trinajstić information content (AvgIpc) is 3.03. The molecule has 0 aliphatic rings. The zero-order valence-corrected chi connectivity index (χ0v) is 15.9. The number of hydrogen-bond donors (Lipinski definition) is 1. The maximum absolute atomic E-state index is 11.0. The summed E-state index contributed by atoms with van der Waals surface area (Å²) in [5.74, 6) is 0.0362. The van der Waals surface area contributed by atoms with Crippen LogP contribution < -0.4 is 4.74 Å². The van der Waals surface area contributed by atoms with E-state index in [1.54, 1.807) is 0 Å². The first-order chi connectivity index (χ1) is 13.0. The minimum Gasteiger partial charge on any atom is -0.492 e. The Kier molecular flexibility index (Phi) is 6.20. The fourth-order valence-corrected chi connectivity index (χ4v) is 3.19. The van der Waals surface area contributed by atoms with Gasteiger partial charge in [0.25, 0.3) is 0 Å². The van der Waals surface area contributed by atoms with Crippen molar-refractivity contribution in [2.24, 2.45) is 0 Å². The lowest BCUT2D eigenvalue weighted by Crippen LogP contribution is -2.13. The predicted octanol–water partition coefficient (Wildman–Crippen LogP) is 5.21. The van der Waals surface area contributed by atoms with Crippen LogP contribution in [0.3, 0.4) is 0 Å². The van der Waals surface area contributed by atoms with E-state index in [0.717, 1.165) is 28.3 Å². The van der Waals surface area contributed by atoms with E-state index in [1.165, 1.54) is 0 Å². The molecule has 1 aromatic heterocycles. The number of benzene rings is 2. The standard InChI is InChI=1S/C22H22ClNO3/c1-16-3-2-4-20(15-16)27-14-13-24-19(10-12-22(25)26)9-11-21(24)17-5-7-18(23)8-6-17/h2-9,11,15H,10,12-14H2,1H3,(H,25,26). The van der Waals surface area contributed by atoms with Gasteiger partial charge in [0, 0.05) is 16.4 Å². The zero-order valence-electron chi connectivity index (χ0n) is 15.2. The van der Waals surface area contributed by atoms with Crippen LogP contribution in [0.15, 0.2) is 60.7 Å². The number of rotatable bonds is 8. The number of hydrogen-bond acceptors (Lipinski definition) is 2. The first kappa shape index (κ1) is 19.1. The number of carboxylic acids is 1. The number of nitrogens with zero attached hydrogens (tertiary/aromatic N) is 1. The number of aryl methyl sites for hydroxylation is 2. The van der Waals surface area contributed by atoms with Crippen molar-refractivity contribution in [2.75, 3.05) is 6.61 Å². The molecule has 5 heteroatoms. The molecule has 0 saturated carbocycles. The van der Waals surface area contributed by atoms with Gasteiger partial charge in [0.1, 0.15) is 12.4 Å². The van der Waals surface area contributed by atoms with Crippen LogP contribution in [0.5, 0.6) is 5.75 Å². The predicted molar refractivity (Wildman–Crippen MR) is 108 cm³/mol. The first-order valence-corrected chi connectivity index (χ1v) is 9.26. The van der Waals surface area contributed by atoms with Crippen molar-refractivity contribution in [3.05, 3.63) is 76.9 Å². The van der Waals surface area contributed by atoms with Crippen molar-refractivity contribution < 1.29 is 14.6 Å². The second-order valence-electron chi connectivity index (χ2n) is 6.43. The number of carboxylic acid groups (broad SMARTS) is 1. The van der Waals surface area contributed by atoms with E-state index in [2.05, 4.69) is 4.57 Å². The molecule has 1 N–H and O–H groups in total. The molecule has 27 heavy (non-hydrogen) atoms. The van der Waals surface area contributed by atoms with Crippen molar-refractivity contribution in [3.8, 4) is 17.0 Å². The summed E-state index contributed by atoms with van der Waals surface area (Å²) >= 11 is 6.00. The lowest BCUT2D eigenvalue weighted by molar-refractivity contribution is -0.136. The Bertz CT molecular complexity index is 916. The molecule has 0 amide bonds. The highest BCUT2D eigenvalue weighted by molar-refractivity contribution is 6.30. The molecule has 0 saturated heterocycles. The molecular weight excluding hydrogens is 362 g/mol. The number of carbonyl (C=O) groups is 1. The van der Waals surface area contributed by atoms with E-state index in [0.29, 0.717) is 24.6 Å². The summed E-state index contributed by atoms with van der Waals surface area (Å²) in [5.41, 5.74) is 4.20. The third-order valence-electron chi connectivity index (χ3n) is 4.38. The first-order valence-electron chi connectivity index (χ1n) is 8.88. The molecular formula is C22H22ClNO3. The van der Waals surface area contributed by atoms with Crippen molar-refractivity contribution in [1.29, 1.82) is 0 Å². The van der Waals surface area contributed by atoms with Crippen LogP contribution in [0.1, 0.15) is 17.7 Å². The van der Waals surface area contributed by atoms with Gasteiger partial charge in [-0.05, 0) is 60.9 Å². The van der Waals surface area contributed by atoms with E-state index >= 15 is 0 Å². The highest BCUT2D eigenvalue weighted by Gasteiger charge is 2.12. The van der Waals surface area contributed by atoms with Gasteiger partial charge < -0.3 is 14.4 Å². The van der Waals surface area contributed by atoms with Gasteiger partial charge in [-0.15, -0.1) is 0 Å². The number of ether oxygens (including phenoxy) is 1. The summed E-state index contributed by atoms with van der Waals surface area (Å²) in [5, 5.41) is 9.71. The maximum Gasteiger partial charge on any atom is 0.303 e. The topological polar surface area (TPSA) is 51.5 Å². The second-order valence-corrected chi connectivity index (χ2v) is 6.86. The van der Waals surface area contributed by atoms with Crippen LogP contribution in [-0.2, 0) is 17.8 Å². The second kappa shape index (κ2) is 8.78. The van der Waals surface area contributed by atoms with Gasteiger partial charge in [-0.1, -0.05) is 35.9 Å². The van der Waals surface area contributed by atoms with Crippen molar-refractivity contribution in [3.63, 3.8) is 0 Å². The average molecular weight is 384 g/mol. The van der Waals surface area contributed by atoms with Crippen molar-refractivity contribution >= 4 is 17.6 Å². The zero-order chi connectivity index (χ0) is 19.2. The Labute approximate surface area is 164 Å². The lowest BCUT2D eigenvalue weighted by atomic mass is 10.1. The largest absolute Gasteiger partial charge is 0.492 e. The number of aliphatic carboxylic acids is 1. The van der Waals surface area contributed by atoms with E-state index < -0.39 is 5.97 Å². The molecule has 0 bridgehead atoms. The Morgan fingerprint density at radius 3 is 2.59 bits per heavy atom. The molecule has 0 atom stereocenters. The van der Waals surface area contributed by atoms with Gasteiger partial charge in [-0.3, -0.25) is 4.79 Å². The molecule has 0 unspecified atom stereocenters. The van der Waals surface area contributed by atoms with Crippen LogP contribution in [-0.4, -0.2) is 22.2 Å². The van der Waals surface area contributed by atoms with Crippen LogP contribution in [0.4, 0.5) is 0 Å². The molecule has 0 radical (unpaired) electrons. The Morgan fingerprint density at radius 2 is 1.89 bits per heavy atom. The van der Waals surface area contributed by atoms with Crippen LogP contribution in [0, 0.1) is 6.92 Å². The summed E-state index contributed by atoms with van der Waals surface area (Å²) in [4.78, 5) is 11.0.